The van der Waals surface area contributed by atoms with Gasteiger partial charge in [0.15, 0.2) is 0 Å². The lowest BCUT2D eigenvalue weighted by atomic mass is 10.1. The third-order valence-corrected chi connectivity index (χ3v) is 4.90. The number of hydrogen-bond acceptors (Lipinski definition) is 5. The smallest absolute Gasteiger partial charge is 0.245 e. The molecule has 1 aliphatic heterocycles. The zero-order valence-electron chi connectivity index (χ0n) is 14.7. The van der Waals surface area contributed by atoms with Gasteiger partial charge < -0.3 is 14.8 Å². The molecule has 7 nitrogen and oxygen atoms in total. The SMILES string of the molecule is CSCCC(NC(C)=O)C(=O)N1CCN(Cc2nccn2C)CC1. The van der Waals surface area contributed by atoms with Crippen LogP contribution in [0, 0.1) is 0 Å². The highest BCUT2D eigenvalue weighted by Crippen LogP contribution is 2.10. The maximum Gasteiger partial charge on any atom is 0.245 e. The molecule has 1 N–H and O–H groups in total. The number of carbonyl (C=O) groups excluding carboxylic acids is 2. The molecule has 0 spiro atoms. The van der Waals surface area contributed by atoms with Crippen LogP contribution in [-0.4, -0.2) is 75.4 Å². The molecule has 2 rings (SSSR count). The monoisotopic (exact) mass is 353 g/mol. The first kappa shape index (κ1) is 18.8. The fourth-order valence-electron chi connectivity index (χ4n) is 2.83. The second kappa shape index (κ2) is 9.08. The van der Waals surface area contributed by atoms with Crippen molar-refractivity contribution in [3.8, 4) is 0 Å². The van der Waals surface area contributed by atoms with Crippen LogP contribution in [0.2, 0.25) is 0 Å². The van der Waals surface area contributed by atoms with E-state index in [4.69, 9.17) is 0 Å². The molecule has 24 heavy (non-hydrogen) atoms. The number of aryl methyl sites for hydroxylation is 1. The van der Waals surface area contributed by atoms with E-state index in [-0.39, 0.29) is 11.8 Å². The second-order valence-electron chi connectivity index (χ2n) is 6.09. The molecule has 1 unspecified atom stereocenters. The predicted octanol–water partition coefficient (Wildman–Crippen LogP) is 0.322. The number of thioether (sulfide) groups is 1. The standard InChI is InChI=1S/C16H27N5O2S/c1-13(22)18-14(4-11-24-3)16(23)21-9-7-20(8-10-21)12-15-17-5-6-19(15)2/h5-6,14H,4,7-12H2,1-3H3,(H,18,22). The van der Waals surface area contributed by atoms with Gasteiger partial charge in [-0.15, -0.1) is 0 Å². The van der Waals surface area contributed by atoms with Crippen molar-refractivity contribution in [3.05, 3.63) is 18.2 Å². The normalized spacial score (nSPS) is 16.9. The van der Waals surface area contributed by atoms with E-state index in [9.17, 15) is 9.59 Å². The highest BCUT2D eigenvalue weighted by atomic mass is 32.2. The molecule has 2 heterocycles. The zero-order chi connectivity index (χ0) is 17.5. The van der Waals surface area contributed by atoms with Crippen molar-refractivity contribution in [2.24, 2.45) is 7.05 Å². The maximum absolute atomic E-state index is 12.7. The summed E-state index contributed by atoms with van der Waals surface area (Å²) in [4.78, 5) is 32.6. The minimum Gasteiger partial charge on any atom is -0.345 e. The Morgan fingerprint density at radius 1 is 1.33 bits per heavy atom. The van der Waals surface area contributed by atoms with Crippen molar-refractivity contribution in [2.45, 2.75) is 25.9 Å². The minimum absolute atomic E-state index is 0.0379. The van der Waals surface area contributed by atoms with Crippen molar-refractivity contribution >= 4 is 23.6 Å². The van der Waals surface area contributed by atoms with Gasteiger partial charge in [-0.25, -0.2) is 4.98 Å². The summed E-state index contributed by atoms with van der Waals surface area (Å²) in [5.74, 6) is 1.78. The van der Waals surface area contributed by atoms with Gasteiger partial charge in [0.1, 0.15) is 11.9 Å². The van der Waals surface area contributed by atoms with Crippen LogP contribution in [0.25, 0.3) is 0 Å². The summed E-state index contributed by atoms with van der Waals surface area (Å²) in [6.45, 7) is 5.30. The molecule has 1 atom stereocenters. The third kappa shape index (κ3) is 5.24. The topological polar surface area (TPSA) is 70.5 Å². The average Bonchev–Trinajstić information content (AvgIpc) is 2.96. The van der Waals surface area contributed by atoms with Gasteiger partial charge in [-0.1, -0.05) is 0 Å². The molecular formula is C16H27N5O2S. The van der Waals surface area contributed by atoms with Crippen molar-refractivity contribution in [2.75, 3.05) is 38.2 Å². The number of carbonyl (C=O) groups is 2. The van der Waals surface area contributed by atoms with E-state index >= 15 is 0 Å². The summed E-state index contributed by atoms with van der Waals surface area (Å²) in [7, 11) is 1.99. The largest absolute Gasteiger partial charge is 0.345 e. The molecule has 1 aromatic heterocycles. The number of amides is 2. The van der Waals surface area contributed by atoms with Gasteiger partial charge in [0, 0.05) is 52.5 Å². The average molecular weight is 353 g/mol. The fourth-order valence-corrected chi connectivity index (χ4v) is 3.31. The lowest BCUT2D eigenvalue weighted by Gasteiger charge is -2.36. The Morgan fingerprint density at radius 3 is 2.58 bits per heavy atom. The number of hydrogen-bond donors (Lipinski definition) is 1. The van der Waals surface area contributed by atoms with Crippen LogP contribution < -0.4 is 5.32 Å². The molecule has 0 radical (unpaired) electrons. The summed E-state index contributed by atoms with van der Waals surface area (Å²) < 4.78 is 2.02. The summed E-state index contributed by atoms with van der Waals surface area (Å²) in [5, 5.41) is 2.80. The second-order valence-corrected chi connectivity index (χ2v) is 7.08. The first-order valence-electron chi connectivity index (χ1n) is 8.24. The Labute approximate surface area is 147 Å². The first-order chi connectivity index (χ1) is 11.5. The molecule has 2 amide bonds. The highest BCUT2D eigenvalue weighted by molar-refractivity contribution is 7.98. The molecule has 0 aromatic carbocycles. The molecule has 1 fully saturated rings. The van der Waals surface area contributed by atoms with Crippen molar-refractivity contribution < 1.29 is 9.59 Å². The molecule has 1 saturated heterocycles. The van der Waals surface area contributed by atoms with E-state index < -0.39 is 6.04 Å². The van der Waals surface area contributed by atoms with E-state index in [1.807, 2.05) is 29.0 Å². The van der Waals surface area contributed by atoms with Gasteiger partial charge in [-0.3, -0.25) is 14.5 Å². The lowest BCUT2D eigenvalue weighted by molar-refractivity contribution is -0.137. The maximum atomic E-state index is 12.7. The van der Waals surface area contributed by atoms with Crippen LogP contribution in [0.5, 0.6) is 0 Å². The zero-order valence-corrected chi connectivity index (χ0v) is 15.5. The van der Waals surface area contributed by atoms with E-state index in [1.54, 1.807) is 18.0 Å². The number of rotatable bonds is 7. The van der Waals surface area contributed by atoms with Crippen LogP contribution >= 0.6 is 11.8 Å². The Morgan fingerprint density at radius 2 is 2.04 bits per heavy atom. The van der Waals surface area contributed by atoms with Crippen LogP contribution in [0.15, 0.2) is 12.4 Å². The Kier molecular flexibility index (Phi) is 7.11. The Hall–Kier alpha value is -1.54. The summed E-state index contributed by atoms with van der Waals surface area (Å²) in [5.41, 5.74) is 0. The van der Waals surface area contributed by atoms with Crippen LogP contribution in [-0.2, 0) is 23.2 Å². The van der Waals surface area contributed by atoms with Crippen LogP contribution in [0.4, 0.5) is 0 Å². The Balaban J connectivity index is 1.86. The third-order valence-electron chi connectivity index (χ3n) is 4.26. The summed E-state index contributed by atoms with van der Waals surface area (Å²) >= 11 is 1.69. The number of imidazole rings is 1. The molecule has 0 aliphatic carbocycles. The molecule has 8 heteroatoms. The molecule has 0 bridgehead atoms. The van der Waals surface area contributed by atoms with Crippen LogP contribution in [0.3, 0.4) is 0 Å². The van der Waals surface area contributed by atoms with E-state index in [2.05, 4.69) is 15.2 Å². The first-order valence-corrected chi connectivity index (χ1v) is 9.64. The van der Waals surface area contributed by atoms with Gasteiger partial charge >= 0.3 is 0 Å². The lowest BCUT2D eigenvalue weighted by Crippen LogP contribution is -2.54. The van der Waals surface area contributed by atoms with E-state index in [0.29, 0.717) is 19.5 Å². The van der Waals surface area contributed by atoms with Crippen molar-refractivity contribution in [1.29, 1.82) is 0 Å². The van der Waals surface area contributed by atoms with E-state index in [0.717, 1.165) is 31.2 Å². The van der Waals surface area contributed by atoms with E-state index in [1.165, 1.54) is 6.92 Å². The minimum atomic E-state index is -0.406. The van der Waals surface area contributed by atoms with Gasteiger partial charge in [0.25, 0.3) is 0 Å². The molecule has 1 aliphatic rings. The summed E-state index contributed by atoms with van der Waals surface area (Å²) in [6, 6.07) is -0.406. The fraction of sp³-hybridized carbons (Fsp3) is 0.688. The van der Waals surface area contributed by atoms with Gasteiger partial charge in [-0.2, -0.15) is 11.8 Å². The number of nitrogens with one attached hydrogen (secondary N) is 1. The molecule has 1 aromatic rings. The number of nitrogens with zero attached hydrogens (tertiary/aromatic N) is 4. The predicted molar refractivity (Wildman–Crippen MR) is 95.7 cm³/mol. The van der Waals surface area contributed by atoms with Gasteiger partial charge in [0.05, 0.1) is 6.54 Å². The summed E-state index contributed by atoms with van der Waals surface area (Å²) in [6.07, 6.45) is 6.43. The van der Waals surface area contributed by atoms with Crippen LogP contribution in [0.1, 0.15) is 19.2 Å². The van der Waals surface area contributed by atoms with Gasteiger partial charge in [0.2, 0.25) is 11.8 Å². The van der Waals surface area contributed by atoms with Gasteiger partial charge in [-0.05, 0) is 18.4 Å². The highest BCUT2D eigenvalue weighted by Gasteiger charge is 2.28. The molecular weight excluding hydrogens is 326 g/mol. The van der Waals surface area contributed by atoms with Crippen molar-refractivity contribution in [3.63, 3.8) is 0 Å². The molecule has 134 valence electrons. The Bertz CT molecular complexity index is 554. The van der Waals surface area contributed by atoms with Crippen molar-refractivity contribution in [1.82, 2.24) is 24.7 Å². The quantitative estimate of drug-likeness (QED) is 0.765. The number of aromatic nitrogens is 2. The number of piperazine rings is 1. The molecule has 0 saturated carbocycles.